The first kappa shape index (κ1) is 31.9. The van der Waals surface area contributed by atoms with Crippen LogP contribution in [-0.2, 0) is 10.2 Å². The molecule has 1 aliphatic carbocycles. The van der Waals surface area contributed by atoms with E-state index < -0.39 is 10.9 Å². The molecule has 3 heterocycles. The van der Waals surface area contributed by atoms with Gasteiger partial charge in [-0.25, -0.2) is 9.78 Å². The molecule has 3 aromatic rings. The molecule has 13 nitrogen and oxygen atoms in total. The number of benzene rings is 1. The van der Waals surface area contributed by atoms with Crippen LogP contribution in [0.2, 0.25) is 0 Å². The molecule has 0 saturated heterocycles. The van der Waals surface area contributed by atoms with Crippen molar-refractivity contribution < 1.29 is 19.2 Å². The summed E-state index contributed by atoms with van der Waals surface area (Å²) in [5, 5.41) is 15.3. The second kappa shape index (κ2) is 12.5. The molecule has 2 aromatic heterocycles. The van der Waals surface area contributed by atoms with Gasteiger partial charge in [0.25, 0.3) is 5.69 Å². The van der Waals surface area contributed by atoms with Gasteiger partial charge in [0.1, 0.15) is 17.0 Å². The molecule has 0 atom stereocenters. The molecule has 2 aliphatic rings. The summed E-state index contributed by atoms with van der Waals surface area (Å²) in [7, 11) is 7.20. The van der Waals surface area contributed by atoms with Gasteiger partial charge in [-0.2, -0.15) is 4.98 Å². The first-order chi connectivity index (χ1) is 21.3. The number of nitro groups is 1. The summed E-state index contributed by atoms with van der Waals surface area (Å²) in [5.74, 6) is 0.842. The fourth-order valence-electron chi connectivity index (χ4n) is 5.46. The topological polar surface area (TPSA) is 139 Å². The molecular formula is C32H42N8O5. The molecule has 1 aromatic carbocycles. The van der Waals surface area contributed by atoms with Gasteiger partial charge in [0.2, 0.25) is 5.95 Å². The fourth-order valence-corrected chi connectivity index (χ4v) is 5.46. The van der Waals surface area contributed by atoms with E-state index in [1.54, 1.807) is 27.0 Å². The average molecular weight is 619 g/mol. The van der Waals surface area contributed by atoms with E-state index >= 15 is 0 Å². The van der Waals surface area contributed by atoms with E-state index in [0.29, 0.717) is 48.5 Å². The van der Waals surface area contributed by atoms with Crippen molar-refractivity contribution in [3.05, 3.63) is 57.5 Å². The van der Waals surface area contributed by atoms with E-state index in [2.05, 4.69) is 36.3 Å². The summed E-state index contributed by atoms with van der Waals surface area (Å²) in [6.45, 7) is 9.65. The van der Waals surface area contributed by atoms with Crippen LogP contribution in [0.5, 0.6) is 5.75 Å². The van der Waals surface area contributed by atoms with Gasteiger partial charge >= 0.3 is 5.97 Å². The van der Waals surface area contributed by atoms with Crippen molar-refractivity contribution in [2.75, 3.05) is 63.0 Å². The van der Waals surface area contributed by atoms with Gasteiger partial charge in [-0.05, 0) is 52.9 Å². The summed E-state index contributed by atoms with van der Waals surface area (Å²) < 4.78 is 11.2. The van der Waals surface area contributed by atoms with Crippen LogP contribution in [0.25, 0.3) is 0 Å². The lowest BCUT2D eigenvalue weighted by molar-refractivity contribution is -0.384. The lowest BCUT2D eigenvalue weighted by atomic mass is 9.91. The minimum atomic E-state index is -0.543. The molecule has 240 valence electrons. The number of carbonyl (C=O) groups excluding carboxylic acids is 1. The predicted octanol–water partition coefficient (Wildman–Crippen LogP) is 5.40. The Balaban J connectivity index is 1.56. The highest BCUT2D eigenvalue weighted by Crippen LogP contribution is 2.47. The third-order valence-electron chi connectivity index (χ3n) is 8.00. The van der Waals surface area contributed by atoms with Gasteiger partial charge in [-0.15, -0.1) is 0 Å². The highest BCUT2D eigenvalue weighted by molar-refractivity contribution is 5.96. The molecule has 1 aliphatic heterocycles. The number of aromatic nitrogens is 3. The lowest BCUT2D eigenvalue weighted by Crippen LogP contribution is -2.29. The third kappa shape index (κ3) is 6.77. The number of anilines is 5. The molecule has 0 amide bonds. The smallest absolute Gasteiger partial charge is 0.343 e. The highest BCUT2D eigenvalue weighted by atomic mass is 16.6. The Morgan fingerprint density at radius 2 is 1.91 bits per heavy atom. The van der Waals surface area contributed by atoms with Gasteiger partial charge in [0, 0.05) is 62.0 Å². The zero-order valence-electron chi connectivity index (χ0n) is 27.2. The SMILES string of the molecule is COc1cc(N(C)CCN(C)C)c([N+](=O)[O-])cc1Nc1ncc(C(=O)OC(C)C)c(N2CC(C)(C)c3nc(C4CC4)ccc32)n1. The predicted molar refractivity (Wildman–Crippen MR) is 174 cm³/mol. The van der Waals surface area contributed by atoms with E-state index in [1.807, 2.05) is 28.8 Å². The number of esters is 1. The average Bonchev–Trinajstić information content (AvgIpc) is 3.80. The van der Waals surface area contributed by atoms with Crippen molar-refractivity contribution >= 4 is 40.5 Å². The van der Waals surface area contributed by atoms with Gasteiger partial charge < -0.3 is 29.5 Å². The van der Waals surface area contributed by atoms with Crippen molar-refractivity contribution in [1.82, 2.24) is 19.9 Å². The molecule has 13 heteroatoms. The molecule has 0 spiro atoms. The van der Waals surface area contributed by atoms with Gasteiger partial charge in [-0.1, -0.05) is 13.8 Å². The molecular weight excluding hydrogens is 576 g/mol. The van der Waals surface area contributed by atoms with Crippen molar-refractivity contribution in [2.24, 2.45) is 0 Å². The maximum absolute atomic E-state index is 13.3. The molecule has 45 heavy (non-hydrogen) atoms. The monoisotopic (exact) mass is 618 g/mol. The highest BCUT2D eigenvalue weighted by Gasteiger charge is 2.41. The second-order valence-corrected chi connectivity index (χ2v) is 12.9. The van der Waals surface area contributed by atoms with E-state index in [-0.39, 0.29) is 28.7 Å². The Labute approximate surface area is 263 Å². The normalized spacial score (nSPS) is 15.3. The van der Waals surface area contributed by atoms with Crippen LogP contribution in [0.15, 0.2) is 30.5 Å². The minimum absolute atomic E-state index is 0.0929. The van der Waals surface area contributed by atoms with E-state index in [1.165, 1.54) is 19.4 Å². The number of nitro benzene ring substituents is 1. The van der Waals surface area contributed by atoms with Crippen LogP contribution in [0.3, 0.4) is 0 Å². The van der Waals surface area contributed by atoms with Crippen molar-refractivity contribution in [3.63, 3.8) is 0 Å². The number of rotatable bonds is 12. The summed E-state index contributed by atoms with van der Waals surface area (Å²) in [5.41, 5.74) is 3.46. The number of nitrogens with zero attached hydrogens (tertiary/aromatic N) is 7. The zero-order chi connectivity index (χ0) is 32.6. The molecule has 1 saturated carbocycles. The summed E-state index contributed by atoms with van der Waals surface area (Å²) in [6.07, 6.45) is 3.39. The Kier molecular flexibility index (Phi) is 8.83. The lowest BCUT2D eigenvalue weighted by Gasteiger charge is -2.24. The Bertz CT molecular complexity index is 1600. The minimum Gasteiger partial charge on any atom is -0.494 e. The van der Waals surface area contributed by atoms with Crippen LogP contribution < -0.4 is 19.9 Å². The maximum Gasteiger partial charge on any atom is 0.343 e. The molecule has 0 unspecified atom stereocenters. The molecule has 1 fully saturated rings. The number of carbonyl (C=O) groups is 1. The van der Waals surface area contributed by atoms with Crippen LogP contribution in [0, 0.1) is 10.1 Å². The number of ether oxygens (including phenoxy) is 2. The maximum atomic E-state index is 13.3. The molecule has 0 bridgehead atoms. The van der Waals surface area contributed by atoms with Gasteiger partial charge in [0.15, 0.2) is 5.82 Å². The molecule has 0 radical (unpaired) electrons. The standard InChI is InChI=1S/C32H42N8O5/c1-19(2)45-30(41)21-17-33-31(35-23-15-26(40(42)43)25(16-27(23)44-8)38(7)14-13-37(5)6)36-29(21)39-18-32(3,4)28-24(39)12-11-22(34-28)20-9-10-20/h11-12,15-17,19-20H,9-10,13-14,18H2,1-8H3,(H,33,35,36). The number of hydrogen-bond donors (Lipinski definition) is 1. The van der Waals surface area contributed by atoms with Crippen LogP contribution in [0.1, 0.15) is 68.2 Å². The van der Waals surface area contributed by atoms with Crippen LogP contribution in [0.4, 0.5) is 34.5 Å². The Morgan fingerprint density at radius 3 is 2.53 bits per heavy atom. The van der Waals surface area contributed by atoms with Gasteiger partial charge in [-0.3, -0.25) is 15.1 Å². The van der Waals surface area contributed by atoms with Crippen LogP contribution >= 0.6 is 0 Å². The van der Waals surface area contributed by atoms with Crippen LogP contribution in [-0.4, -0.2) is 84.7 Å². The van der Waals surface area contributed by atoms with E-state index in [9.17, 15) is 14.9 Å². The number of methoxy groups -OCH3 is 1. The Morgan fingerprint density at radius 1 is 1.18 bits per heavy atom. The van der Waals surface area contributed by atoms with E-state index in [0.717, 1.165) is 29.9 Å². The van der Waals surface area contributed by atoms with Gasteiger partial charge in [0.05, 0.1) is 35.2 Å². The molecule has 5 rings (SSSR count). The summed E-state index contributed by atoms with van der Waals surface area (Å²) >= 11 is 0. The number of fused-ring (bicyclic) bond motifs is 1. The Hall–Kier alpha value is -4.52. The molecule has 1 N–H and O–H groups in total. The quantitative estimate of drug-likeness (QED) is 0.158. The van der Waals surface area contributed by atoms with Crippen molar-refractivity contribution in [1.29, 1.82) is 0 Å². The number of hydrogen-bond acceptors (Lipinski definition) is 12. The zero-order valence-corrected chi connectivity index (χ0v) is 27.2. The number of likely N-dealkylation sites (N-methyl/N-ethyl adjacent to an activating group) is 2. The summed E-state index contributed by atoms with van der Waals surface area (Å²) in [4.78, 5) is 45.1. The third-order valence-corrected chi connectivity index (χ3v) is 8.00. The number of nitrogens with one attached hydrogen (secondary N) is 1. The second-order valence-electron chi connectivity index (χ2n) is 12.9. The van der Waals surface area contributed by atoms with Crippen molar-refractivity contribution in [2.45, 2.75) is 58.0 Å². The van der Waals surface area contributed by atoms with Crippen molar-refractivity contribution in [3.8, 4) is 5.75 Å². The fraction of sp³-hybridized carbons (Fsp3) is 0.500. The first-order valence-corrected chi connectivity index (χ1v) is 15.1. The summed E-state index contributed by atoms with van der Waals surface area (Å²) in [6, 6.07) is 7.16. The van der Waals surface area contributed by atoms with E-state index in [4.69, 9.17) is 19.4 Å². The number of pyridine rings is 1. The largest absolute Gasteiger partial charge is 0.494 e. The first-order valence-electron chi connectivity index (χ1n) is 15.1.